The number of hydrogen-bond acceptors (Lipinski definition) is 5. The van der Waals surface area contributed by atoms with Gasteiger partial charge in [0.05, 0.1) is 6.54 Å². The van der Waals surface area contributed by atoms with Crippen LogP contribution in [0.5, 0.6) is 0 Å². The molecular formula is C8H7N5O4. The zero-order valence-corrected chi connectivity index (χ0v) is 8.41. The van der Waals surface area contributed by atoms with E-state index >= 15 is 0 Å². The lowest BCUT2D eigenvalue weighted by Gasteiger charge is -1.99. The number of nitro groups is 1. The largest absolute Gasteiger partial charge is 0.381 e. The van der Waals surface area contributed by atoms with Gasteiger partial charge in [-0.15, -0.1) is 0 Å². The molecule has 0 saturated carbocycles. The molecule has 0 radical (unpaired) electrons. The topological polar surface area (TPSA) is 127 Å². The van der Waals surface area contributed by atoms with E-state index in [4.69, 9.17) is 0 Å². The van der Waals surface area contributed by atoms with Crippen LogP contribution in [0.25, 0.3) is 0 Å². The summed E-state index contributed by atoms with van der Waals surface area (Å²) >= 11 is 0. The first-order chi connectivity index (χ1) is 8.04. The Labute approximate surface area is 92.9 Å². The van der Waals surface area contributed by atoms with Crippen molar-refractivity contribution in [2.24, 2.45) is 0 Å². The van der Waals surface area contributed by atoms with Crippen molar-refractivity contribution in [2.45, 2.75) is 6.54 Å². The first-order valence-corrected chi connectivity index (χ1v) is 4.53. The van der Waals surface area contributed by atoms with Gasteiger partial charge < -0.3 is 19.7 Å². The maximum atomic E-state index is 11.0. The second-order valence-corrected chi connectivity index (χ2v) is 3.27. The highest BCUT2D eigenvalue weighted by atomic mass is 16.6. The third kappa shape index (κ3) is 2.45. The van der Waals surface area contributed by atoms with E-state index in [1.54, 1.807) is 0 Å². The van der Waals surface area contributed by atoms with Crippen molar-refractivity contribution in [1.29, 1.82) is 0 Å². The molecule has 2 aromatic heterocycles. The van der Waals surface area contributed by atoms with Crippen LogP contribution in [0.4, 0.5) is 5.82 Å². The van der Waals surface area contributed by atoms with Crippen LogP contribution in [0.15, 0.2) is 28.2 Å². The Morgan fingerprint density at radius 2 is 2.18 bits per heavy atom. The predicted molar refractivity (Wildman–Crippen MR) is 55.7 cm³/mol. The molecule has 9 heteroatoms. The number of aromatic amines is 2. The van der Waals surface area contributed by atoms with Gasteiger partial charge in [0.25, 0.3) is 5.56 Å². The van der Waals surface area contributed by atoms with Gasteiger partial charge >= 0.3 is 11.5 Å². The van der Waals surface area contributed by atoms with Gasteiger partial charge in [0.2, 0.25) is 6.33 Å². The molecule has 0 amide bonds. The smallest absolute Gasteiger partial charge is 0.358 e. The molecule has 0 aliphatic heterocycles. The summed E-state index contributed by atoms with van der Waals surface area (Å²) in [5, 5.41) is 10.4. The highest BCUT2D eigenvalue weighted by Crippen LogP contribution is 2.06. The maximum absolute atomic E-state index is 11.0. The van der Waals surface area contributed by atoms with Crippen LogP contribution in [0, 0.1) is 10.1 Å². The molecule has 0 aliphatic carbocycles. The third-order valence-electron chi connectivity index (χ3n) is 1.98. The third-order valence-corrected chi connectivity index (χ3v) is 1.98. The standard InChI is InChI=1S/C8H7N5O4/c14-7-1-5(10-8(15)11-7)2-12-3-6(9-4-12)13(16)17/h1,3-4H,2H2,(H2,10,11,14,15). The highest BCUT2D eigenvalue weighted by molar-refractivity contribution is 5.13. The Hall–Kier alpha value is -2.71. The lowest BCUT2D eigenvalue weighted by atomic mass is 10.4. The second kappa shape index (κ2) is 4.04. The SMILES string of the molecule is O=c1cc(Cn2cnc([N+](=O)[O-])c2)[nH]c(=O)[nH]1. The maximum Gasteiger partial charge on any atom is 0.381 e. The molecule has 0 spiro atoms. The van der Waals surface area contributed by atoms with Crippen LogP contribution in [-0.2, 0) is 6.54 Å². The van der Waals surface area contributed by atoms with Crippen molar-refractivity contribution in [3.63, 3.8) is 0 Å². The van der Waals surface area contributed by atoms with E-state index in [9.17, 15) is 19.7 Å². The van der Waals surface area contributed by atoms with E-state index in [-0.39, 0.29) is 12.4 Å². The van der Waals surface area contributed by atoms with E-state index in [1.165, 1.54) is 23.2 Å². The fraction of sp³-hybridized carbons (Fsp3) is 0.125. The molecule has 0 bridgehead atoms. The number of imidazole rings is 1. The molecule has 0 aromatic carbocycles. The van der Waals surface area contributed by atoms with Crippen LogP contribution >= 0.6 is 0 Å². The summed E-state index contributed by atoms with van der Waals surface area (Å²) in [6.45, 7) is 0.125. The number of nitrogens with zero attached hydrogens (tertiary/aromatic N) is 3. The predicted octanol–water partition coefficient (Wildman–Crippen LogP) is -0.784. The average molecular weight is 237 g/mol. The van der Waals surface area contributed by atoms with E-state index in [0.29, 0.717) is 5.69 Å². The summed E-state index contributed by atoms with van der Waals surface area (Å²) in [6, 6.07) is 1.20. The van der Waals surface area contributed by atoms with Gasteiger partial charge in [-0.2, -0.15) is 0 Å². The van der Waals surface area contributed by atoms with Crippen LogP contribution in [-0.4, -0.2) is 24.4 Å². The number of nitrogens with one attached hydrogen (secondary N) is 2. The quantitative estimate of drug-likeness (QED) is 0.534. The number of rotatable bonds is 3. The fourth-order valence-corrected chi connectivity index (χ4v) is 1.33. The number of hydrogen-bond donors (Lipinski definition) is 2. The Balaban J connectivity index is 2.28. The molecule has 0 atom stereocenters. The minimum absolute atomic E-state index is 0.125. The molecule has 2 aromatic rings. The molecule has 0 fully saturated rings. The average Bonchev–Trinajstić information content (AvgIpc) is 2.64. The summed E-state index contributed by atoms with van der Waals surface area (Å²) < 4.78 is 1.39. The lowest BCUT2D eigenvalue weighted by Crippen LogP contribution is -2.23. The van der Waals surface area contributed by atoms with E-state index in [0.717, 1.165) is 0 Å². The molecule has 2 N–H and O–H groups in total. The molecule has 0 unspecified atom stereocenters. The molecule has 0 saturated heterocycles. The Morgan fingerprint density at radius 3 is 2.76 bits per heavy atom. The molecule has 2 heterocycles. The van der Waals surface area contributed by atoms with Gasteiger partial charge in [0, 0.05) is 11.8 Å². The van der Waals surface area contributed by atoms with Crippen molar-refractivity contribution in [3.05, 3.63) is 55.2 Å². The first kappa shape index (κ1) is 10.8. The number of aromatic nitrogens is 4. The molecule has 2 rings (SSSR count). The van der Waals surface area contributed by atoms with Gasteiger partial charge in [0.15, 0.2) is 0 Å². The van der Waals surface area contributed by atoms with E-state index in [2.05, 4.69) is 9.97 Å². The van der Waals surface area contributed by atoms with Crippen LogP contribution in [0.3, 0.4) is 0 Å². The van der Waals surface area contributed by atoms with E-state index < -0.39 is 16.2 Å². The van der Waals surface area contributed by atoms with Crippen molar-refractivity contribution in [1.82, 2.24) is 19.5 Å². The summed E-state index contributed by atoms with van der Waals surface area (Å²) in [7, 11) is 0. The summed E-state index contributed by atoms with van der Waals surface area (Å²) in [5.41, 5.74) is -0.813. The summed E-state index contributed by atoms with van der Waals surface area (Å²) in [6.07, 6.45) is 2.46. The Bertz CT molecular complexity index is 639. The zero-order chi connectivity index (χ0) is 12.4. The molecular weight excluding hydrogens is 230 g/mol. The molecule has 17 heavy (non-hydrogen) atoms. The second-order valence-electron chi connectivity index (χ2n) is 3.27. The minimum atomic E-state index is -0.628. The minimum Gasteiger partial charge on any atom is -0.358 e. The van der Waals surface area contributed by atoms with Gasteiger partial charge in [-0.1, -0.05) is 0 Å². The van der Waals surface area contributed by atoms with Crippen molar-refractivity contribution in [2.75, 3.05) is 0 Å². The zero-order valence-electron chi connectivity index (χ0n) is 8.41. The first-order valence-electron chi connectivity index (χ1n) is 4.53. The van der Waals surface area contributed by atoms with Crippen LogP contribution in [0.1, 0.15) is 5.69 Å². The van der Waals surface area contributed by atoms with Crippen molar-refractivity contribution in [3.8, 4) is 0 Å². The highest BCUT2D eigenvalue weighted by Gasteiger charge is 2.10. The molecule has 88 valence electrons. The van der Waals surface area contributed by atoms with Crippen molar-refractivity contribution >= 4 is 5.82 Å². The van der Waals surface area contributed by atoms with Crippen molar-refractivity contribution < 1.29 is 4.92 Å². The van der Waals surface area contributed by atoms with E-state index in [1.807, 2.05) is 4.98 Å². The molecule has 9 nitrogen and oxygen atoms in total. The Morgan fingerprint density at radius 1 is 1.41 bits per heavy atom. The number of H-pyrrole nitrogens is 2. The fourth-order valence-electron chi connectivity index (χ4n) is 1.33. The van der Waals surface area contributed by atoms with Crippen LogP contribution < -0.4 is 11.2 Å². The normalized spacial score (nSPS) is 10.4. The van der Waals surface area contributed by atoms with Gasteiger partial charge in [0.1, 0.15) is 6.20 Å². The lowest BCUT2D eigenvalue weighted by molar-refractivity contribution is -0.389. The van der Waals surface area contributed by atoms with Crippen LogP contribution in [0.2, 0.25) is 0 Å². The van der Waals surface area contributed by atoms with Gasteiger partial charge in [-0.3, -0.25) is 9.78 Å². The monoisotopic (exact) mass is 237 g/mol. The van der Waals surface area contributed by atoms with Gasteiger partial charge in [-0.25, -0.2) is 4.79 Å². The molecule has 0 aliphatic rings. The van der Waals surface area contributed by atoms with Gasteiger partial charge in [-0.05, 0) is 9.91 Å². The Kier molecular flexibility index (Phi) is 2.57. The summed E-state index contributed by atoms with van der Waals surface area (Å²) in [4.78, 5) is 39.7. The summed E-state index contributed by atoms with van der Waals surface area (Å²) in [5.74, 6) is -0.294.